The summed E-state index contributed by atoms with van der Waals surface area (Å²) in [6.45, 7) is 0. The first-order valence-electron chi connectivity index (χ1n) is 4.67. The number of hydrogen-bond acceptors (Lipinski definition) is 4. The monoisotopic (exact) mass is 296 g/mol. The molecule has 19 heavy (non-hydrogen) atoms. The zero-order chi connectivity index (χ0) is 13.6. The molecule has 2 aromatic rings. The molecule has 0 radical (unpaired) electrons. The first-order valence-corrected chi connectivity index (χ1v) is 7.55. The van der Waals surface area contributed by atoms with Gasteiger partial charge in [0.1, 0.15) is 0 Å². The van der Waals surface area contributed by atoms with Crippen LogP contribution >= 0.6 is 0 Å². The van der Waals surface area contributed by atoms with Gasteiger partial charge in [0.2, 0.25) is 0 Å². The van der Waals surface area contributed by atoms with Gasteiger partial charge >= 0.3 is 18.9 Å². The molecule has 0 atom stereocenters. The molecule has 98 valence electrons. The number of fused-ring (bicyclic) bond motifs is 1. The van der Waals surface area contributed by atoms with Crippen LogP contribution in [0.25, 0.3) is 10.8 Å². The average molecular weight is 296 g/mol. The van der Waals surface area contributed by atoms with Crippen LogP contribution < -0.4 is 18.9 Å². The Hall–Kier alpha value is -0.883. The van der Waals surface area contributed by atoms with E-state index in [0.717, 1.165) is 12.1 Å². The van der Waals surface area contributed by atoms with Gasteiger partial charge in [-0.2, -0.15) is 16.8 Å². The Balaban J connectivity index is 0.00000180. The van der Waals surface area contributed by atoms with Crippen molar-refractivity contribution in [2.45, 2.75) is 9.79 Å². The van der Waals surface area contributed by atoms with Crippen molar-refractivity contribution in [1.82, 2.24) is 0 Å². The Bertz CT molecular complexity index is 761. The van der Waals surface area contributed by atoms with Gasteiger partial charge in [-0.1, -0.05) is 12.1 Å². The molecule has 0 spiro atoms. The summed E-state index contributed by atoms with van der Waals surface area (Å²) >= 11 is 0. The maximum atomic E-state index is 10.9. The zero-order valence-corrected chi connectivity index (χ0v) is 11.4. The van der Waals surface area contributed by atoms with Gasteiger partial charge in [-0.05, 0) is 35.0 Å². The molecule has 0 aromatic heterocycles. The molecular formula is C10H9LiO6S2. The number of rotatable bonds is 2. The maximum absolute atomic E-state index is 10.9. The predicted octanol–water partition coefficient (Wildman–Crippen LogP) is -1.55. The van der Waals surface area contributed by atoms with E-state index in [4.69, 9.17) is 9.11 Å². The second-order valence-corrected chi connectivity index (χ2v) is 6.46. The smallest absolute Gasteiger partial charge is 1.00 e. The average Bonchev–Trinajstić information content (AvgIpc) is 2.25. The third-order valence-corrected chi connectivity index (χ3v) is 4.08. The van der Waals surface area contributed by atoms with Gasteiger partial charge in [-0.25, -0.2) is 0 Å². The third kappa shape index (κ3) is 3.57. The summed E-state index contributed by atoms with van der Waals surface area (Å²) in [6.07, 6.45) is 0. The standard InChI is InChI=1S/C10H8O6S2.Li.H/c11-17(12,13)9-3-1-7-5-10(18(14,15)16)4-2-8(7)6-9;;/h1-6H,(H,11,12,13)(H,14,15,16);;/q;+1;-1. The van der Waals surface area contributed by atoms with Gasteiger partial charge in [-0.15, -0.1) is 0 Å². The molecule has 0 saturated heterocycles. The quantitative estimate of drug-likeness (QED) is 0.513. The van der Waals surface area contributed by atoms with E-state index in [0.29, 0.717) is 10.8 Å². The Morgan fingerprint density at radius 2 is 1.05 bits per heavy atom. The van der Waals surface area contributed by atoms with Crippen LogP contribution in [-0.4, -0.2) is 25.9 Å². The third-order valence-electron chi connectivity index (χ3n) is 2.38. The van der Waals surface area contributed by atoms with Crippen LogP contribution in [0.15, 0.2) is 46.2 Å². The van der Waals surface area contributed by atoms with E-state index in [1.54, 1.807) is 0 Å². The fourth-order valence-corrected chi connectivity index (χ4v) is 2.55. The Morgan fingerprint density at radius 3 is 1.32 bits per heavy atom. The van der Waals surface area contributed by atoms with Crippen molar-refractivity contribution in [2.24, 2.45) is 0 Å². The molecule has 0 fully saturated rings. The molecule has 0 amide bonds. The molecule has 0 aliphatic carbocycles. The minimum atomic E-state index is -4.30. The van der Waals surface area contributed by atoms with Crippen LogP contribution in [0.1, 0.15) is 1.43 Å². The topological polar surface area (TPSA) is 109 Å². The normalized spacial score (nSPS) is 12.1. The van der Waals surface area contributed by atoms with Crippen LogP contribution in [0.4, 0.5) is 0 Å². The molecule has 6 nitrogen and oxygen atoms in total. The summed E-state index contributed by atoms with van der Waals surface area (Å²) in [4.78, 5) is -0.566. The molecule has 0 aliphatic rings. The van der Waals surface area contributed by atoms with E-state index in [1.807, 2.05) is 0 Å². The first kappa shape index (κ1) is 16.2. The van der Waals surface area contributed by atoms with Crippen molar-refractivity contribution < 1.29 is 46.2 Å². The number of benzene rings is 2. The number of hydrogen-bond donors (Lipinski definition) is 2. The molecule has 0 heterocycles. The van der Waals surface area contributed by atoms with Gasteiger partial charge in [0.15, 0.2) is 0 Å². The van der Waals surface area contributed by atoms with E-state index in [9.17, 15) is 16.8 Å². The van der Waals surface area contributed by atoms with Crippen molar-refractivity contribution in [1.29, 1.82) is 0 Å². The van der Waals surface area contributed by atoms with Crippen LogP contribution in [0, 0.1) is 0 Å². The molecule has 0 saturated carbocycles. The Labute approximate surface area is 123 Å². The van der Waals surface area contributed by atoms with Crippen LogP contribution in [-0.2, 0) is 20.2 Å². The van der Waals surface area contributed by atoms with Gasteiger partial charge in [0.25, 0.3) is 20.2 Å². The summed E-state index contributed by atoms with van der Waals surface area (Å²) in [6, 6.07) is 7.38. The molecule has 0 aliphatic heterocycles. The van der Waals surface area contributed by atoms with Crippen LogP contribution in [0.2, 0.25) is 0 Å². The molecule has 2 rings (SSSR count). The van der Waals surface area contributed by atoms with E-state index >= 15 is 0 Å². The van der Waals surface area contributed by atoms with E-state index in [1.165, 1.54) is 24.3 Å². The van der Waals surface area contributed by atoms with E-state index in [2.05, 4.69) is 0 Å². The molecule has 0 bridgehead atoms. The SMILES string of the molecule is O=S(=O)(O)c1ccc2cc(S(=O)(=O)O)ccc2c1.[H-].[Li+]. The van der Waals surface area contributed by atoms with E-state index in [-0.39, 0.29) is 30.1 Å². The molecule has 2 aromatic carbocycles. The Morgan fingerprint density at radius 1 is 0.737 bits per heavy atom. The van der Waals surface area contributed by atoms with Gasteiger partial charge in [-0.3, -0.25) is 9.11 Å². The minimum Gasteiger partial charge on any atom is -1.00 e. The maximum Gasteiger partial charge on any atom is 1.00 e. The van der Waals surface area contributed by atoms with Gasteiger partial charge < -0.3 is 1.43 Å². The zero-order valence-electron chi connectivity index (χ0n) is 10.8. The summed E-state index contributed by atoms with van der Waals surface area (Å²) in [5.41, 5.74) is 0. The summed E-state index contributed by atoms with van der Waals surface area (Å²) < 4.78 is 61.4. The molecular weight excluding hydrogens is 287 g/mol. The molecule has 0 unspecified atom stereocenters. The van der Waals surface area contributed by atoms with Crippen LogP contribution in [0.3, 0.4) is 0 Å². The first-order chi connectivity index (χ1) is 8.18. The fourth-order valence-electron chi connectivity index (χ4n) is 1.52. The van der Waals surface area contributed by atoms with E-state index < -0.39 is 20.2 Å². The summed E-state index contributed by atoms with van der Waals surface area (Å²) in [7, 11) is -8.60. The van der Waals surface area contributed by atoms with Crippen molar-refractivity contribution in [3.8, 4) is 0 Å². The molecule has 2 N–H and O–H groups in total. The largest absolute Gasteiger partial charge is 1.00 e. The summed E-state index contributed by atoms with van der Waals surface area (Å²) in [5, 5.41) is 0.857. The van der Waals surface area contributed by atoms with Crippen molar-refractivity contribution in [3.63, 3.8) is 0 Å². The summed E-state index contributed by atoms with van der Waals surface area (Å²) in [5.74, 6) is 0. The fraction of sp³-hybridized carbons (Fsp3) is 0. The van der Waals surface area contributed by atoms with Gasteiger partial charge in [0.05, 0.1) is 9.79 Å². The van der Waals surface area contributed by atoms with Crippen molar-refractivity contribution in [3.05, 3.63) is 36.4 Å². The van der Waals surface area contributed by atoms with Crippen molar-refractivity contribution >= 4 is 31.0 Å². The second-order valence-electron chi connectivity index (χ2n) is 3.62. The minimum absolute atomic E-state index is 0. The van der Waals surface area contributed by atoms with Crippen LogP contribution in [0.5, 0.6) is 0 Å². The Kier molecular flexibility index (Phi) is 4.46. The predicted molar refractivity (Wildman–Crippen MR) is 64.7 cm³/mol. The second kappa shape index (κ2) is 5.24. The molecule has 9 heteroatoms. The van der Waals surface area contributed by atoms with Gasteiger partial charge in [0, 0.05) is 0 Å². The van der Waals surface area contributed by atoms with Crippen molar-refractivity contribution in [2.75, 3.05) is 0 Å².